The summed E-state index contributed by atoms with van der Waals surface area (Å²) < 4.78 is 29.6. The number of sulfonamides is 1. The molecule has 0 saturated heterocycles. The fraction of sp³-hybridized carbons (Fsp3) is 0.278. The van der Waals surface area contributed by atoms with Gasteiger partial charge in [0.1, 0.15) is 12.6 Å². The van der Waals surface area contributed by atoms with Crippen molar-refractivity contribution in [2.75, 3.05) is 10.8 Å². The molecule has 4 rings (SSSR count). The second-order valence-corrected chi connectivity index (χ2v) is 14.1. The SMILES string of the molecule is CCC(C)NC(=O)C(Cc1ccccc1)N(Cc1ccccc1Cl)C(=O)CN(c1cc(Cl)ccc1C)S(=O)(=O)c1ccc(C)cc1. The molecule has 0 bridgehead atoms. The molecular formula is C36H39Cl2N3O4S. The van der Waals surface area contributed by atoms with Gasteiger partial charge in [-0.1, -0.05) is 102 Å². The van der Waals surface area contributed by atoms with E-state index in [4.69, 9.17) is 23.2 Å². The summed E-state index contributed by atoms with van der Waals surface area (Å²) in [6, 6.07) is 26.7. The number of hydrogen-bond acceptors (Lipinski definition) is 4. The number of hydrogen-bond donors (Lipinski definition) is 1. The number of benzene rings is 4. The summed E-state index contributed by atoms with van der Waals surface area (Å²) in [5.41, 5.74) is 3.24. The van der Waals surface area contributed by atoms with Crippen LogP contribution in [0.3, 0.4) is 0 Å². The molecule has 0 aromatic heterocycles. The van der Waals surface area contributed by atoms with Gasteiger partial charge < -0.3 is 10.2 Å². The van der Waals surface area contributed by atoms with Crippen LogP contribution in [-0.2, 0) is 32.6 Å². The lowest BCUT2D eigenvalue weighted by Crippen LogP contribution is -2.54. The third-order valence-electron chi connectivity index (χ3n) is 7.90. The fourth-order valence-electron chi connectivity index (χ4n) is 5.01. The summed E-state index contributed by atoms with van der Waals surface area (Å²) in [5, 5.41) is 3.78. The largest absolute Gasteiger partial charge is 0.352 e. The first-order chi connectivity index (χ1) is 21.9. The zero-order chi connectivity index (χ0) is 33.4. The van der Waals surface area contributed by atoms with Crippen molar-refractivity contribution in [1.29, 1.82) is 0 Å². The van der Waals surface area contributed by atoms with Gasteiger partial charge in [0.2, 0.25) is 11.8 Å². The molecule has 0 aliphatic heterocycles. The van der Waals surface area contributed by atoms with E-state index in [0.29, 0.717) is 27.6 Å². The van der Waals surface area contributed by atoms with Crippen LogP contribution in [0.2, 0.25) is 10.0 Å². The van der Waals surface area contributed by atoms with E-state index in [2.05, 4.69) is 5.32 Å². The van der Waals surface area contributed by atoms with Crippen molar-refractivity contribution in [3.05, 3.63) is 129 Å². The Morgan fingerprint density at radius 3 is 2.17 bits per heavy atom. The van der Waals surface area contributed by atoms with Gasteiger partial charge >= 0.3 is 0 Å². The summed E-state index contributed by atoms with van der Waals surface area (Å²) >= 11 is 12.9. The Bertz CT molecular complexity index is 1770. The van der Waals surface area contributed by atoms with Crippen LogP contribution in [0.5, 0.6) is 0 Å². The molecule has 0 heterocycles. The molecule has 2 unspecified atom stereocenters. The van der Waals surface area contributed by atoms with Crippen LogP contribution in [0, 0.1) is 13.8 Å². The Morgan fingerprint density at radius 1 is 0.870 bits per heavy atom. The van der Waals surface area contributed by atoms with Crippen LogP contribution in [0.15, 0.2) is 102 Å². The number of amides is 2. The Kier molecular flexibility index (Phi) is 11.9. The molecule has 2 amide bonds. The van der Waals surface area contributed by atoms with Crippen molar-refractivity contribution in [3.8, 4) is 0 Å². The Morgan fingerprint density at radius 2 is 1.52 bits per heavy atom. The Labute approximate surface area is 282 Å². The average molecular weight is 681 g/mol. The highest BCUT2D eigenvalue weighted by Crippen LogP contribution is 2.30. The first-order valence-electron chi connectivity index (χ1n) is 15.1. The number of nitrogens with zero attached hydrogens (tertiary/aromatic N) is 2. The lowest BCUT2D eigenvalue weighted by Gasteiger charge is -2.34. The number of carbonyl (C=O) groups excluding carboxylic acids is 2. The predicted molar refractivity (Wildman–Crippen MR) is 186 cm³/mol. The van der Waals surface area contributed by atoms with Gasteiger partial charge in [-0.25, -0.2) is 8.42 Å². The molecule has 4 aromatic carbocycles. The van der Waals surface area contributed by atoms with Crippen molar-refractivity contribution in [1.82, 2.24) is 10.2 Å². The van der Waals surface area contributed by atoms with Crippen LogP contribution in [0.1, 0.15) is 42.5 Å². The minimum absolute atomic E-state index is 0.0170. The number of nitrogens with one attached hydrogen (secondary N) is 1. The van der Waals surface area contributed by atoms with Gasteiger partial charge in [0.15, 0.2) is 0 Å². The molecule has 0 aliphatic carbocycles. The van der Waals surface area contributed by atoms with Gasteiger partial charge in [-0.3, -0.25) is 13.9 Å². The minimum atomic E-state index is -4.25. The highest BCUT2D eigenvalue weighted by atomic mass is 35.5. The second kappa shape index (κ2) is 15.6. The maximum absolute atomic E-state index is 14.6. The maximum atomic E-state index is 14.6. The van der Waals surface area contributed by atoms with Gasteiger partial charge in [0.05, 0.1) is 10.6 Å². The first kappa shape index (κ1) is 35.0. The molecule has 0 fully saturated rings. The molecule has 4 aromatic rings. The van der Waals surface area contributed by atoms with E-state index < -0.39 is 28.5 Å². The third-order valence-corrected chi connectivity index (χ3v) is 10.3. The van der Waals surface area contributed by atoms with Crippen LogP contribution < -0.4 is 9.62 Å². The zero-order valence-corrected chi connectivity index (χ0v) is 28.7. The van der Waals surface area contributed by atoms with Crippen molar-refractivity contribution in [2.24, 2.45) is 0 Å². The highest BCUT2D eigenvalue weighted by molar-refractivity contribution is 7.92. The zero-order valence-electron chi connectivity index (χ0n) is 26.4. The summed E-state index contributed by atoms with van der Waals surface area (Å²) in [5.74, 6) is -0.916. The monoisotopic (exact) mass is 679 g/mol. The van der Waals surface area contributed by atoms with Crippen molar-refractivity contribution in [3.63, 3.8) is 0 Å². The van der Waals surface area contributed by atoms with E-state index in [9.17, 15) is 18.0 Å². The van der Waals surface area contributed by atoms with Crippen LogP contribution in [0.25, 0.3) is 0 Å². The molecule has 0 saturated carbocycles. The number of anilines is 1. The van der Waals surface area contributed by atoms with Gasteiger partial charge in [-0.2, -0.15) is 0 Å². The molecule has 0 aliphatic rings. The van der Waals surface area contributed by atoms with E-state index in [1.165, 1.54) is 23.1 Å². The van der Waals surface area contributed by atoms with Gasteiger partial charge in [-0.15, -0.1) is 0 Å². The molecule has 0 spiro atoms. The van der Waals surface area contributed by atoms with Crippen molar-refractivity contribution in [2.45, 2.75) is 64.1 Å². The average Bonchev–Trinajstić information content (AvgIpc) is 3.04. The second-order valence-electron chi connectivity index (χ2n) is 11.4. The molecule has 0 radical (unpaired) electrons. The molecule has 242 valence electrons. The van der Waals surface area contributed by atoms with Crippen LogP contribution in [0.4, 0.5) is 5.69 Å². The number of aryl methyl sites for hydroxylation is 2. The highest BCUT2D eigenvalue weighted by Gasteiger charge is 2.35. The molecule has 2 atom stereocenters. The van der Waals surface area contributed by atoms with E-state index in [1.54, 1.807) is 55.5 Å². The summed E-state index contributed by atoms with van der Waals surface area (Å²) in [7, 11) is -4.25. The summed E-state index contributed by atoms with van der Waals surface area (Å²) in [6.45, 7) is 6.89. The van der Waals surface area contributed by atoms with Gasteiger partial charge in [0.25, 0.3) is 10.0 Å². The first-order valence-corrected chi connectivity index (χ1v) is 17.3. The predicted octanol–water partition coefficient (Wildman–Crippen LogP) is 7.36. The van der Waals surface area contributed by atoms with E-state index >= 15 is 0 Å². The molecule has 10 heteroatoms. The quantitative estimate of drug-likeness (QED) is 0.160. The van der Waals surface area contributed by atoms with E-state index in [1.807, 2.05) is 51.1 Å². The van der Waals surface area contributed by atoms with Crippen molar-refractivity contribution >= 4 is 50.7 Å². The van der Waals surface area contributed by atoms with Crippen molar-refractivity contribution < 1.29 is 18.0 Å². The number of halogens is 2. The lowest BCUT2D eigenvalue weighted by atomic mass is 10.0. The minimum Gasteiger partial charge on any atom is -0.352 e. The standard InChI is InChI=1S/C36H39Cl2N3O4S/c1-5-27(4)39-36(43)34(21-28-11-7-6-8-12-28)40(23-29-13-9-10-14-32(29)38)35(42)24-41(33-22-30(37)18-17-26(33)3)46(44,45)31-19-15-25(2)16-20-31/h6-20,22,27,34H,5,21,23-24H2,1-4H3,(H,39,43). The normalized spacial score (nSPS) is 12.7. The smallest absolute Gasteiger partial charge is 0.264 e. The van der Waals surface area contributed by atoms with Gasteiger partial charge in [0, 0.05) is 29.1 Å². The Balaban J connectivity index is 1.85. The maximum Gasteiger partial charge on any atom is 0.264 e. The fourth-order valence-corrected chi connectivity index (χ4v) is 6.84. The molecular weight excluding hydrogens is 641 g/mol. The molecule has 46 heavy (non-hydrogen) atoms. The van der Waals surface area contributed by atoms with Gasteiger partial charge in [-0.05, 0) is 74.2 Å². The number of carbonyl (C=O) groups is 2. The Hall–Kier alpha value is -3.85. The topological polar surface area (TPSA) is 86.8 Å². The third kappa shape index (κ3) is 8.69. The lowest BCUT2D eigenvalue weighted by molar-refractivity contribution is -0.140. The van der Waals surface area contributed by atoms with Crippen LogP contribution in [-0.4, -0.2) is 43.8 Å². The molecule has 1 N–H and O–H groups in total. The number of rotatable bonds is 13. The van der Waals surface area contributed by atoms with E-state index in [-0.39, 0.29) is 35.5 Å². The summed E-state index contributed by atoms with van der Waals surface area (Å²) in [6.07, 6.45) is 0.902. The summed E-state index contributed by atoms with van der Waals surface area (Å²) in [4.78, 5) is 30.0. The van der Waals surface area contributed by atoms with E-state index in [0.717, 1.165) is 15.4 Å². The van der Waals surface area contributed by atoms with Crippen LogP contribution >= 0.6 is 23.2 Å². The molecule has 7 nitrogen and oxygen atoms in total.